The number of hydrogen-bond donors (Lipinski definition) is 2. The molecule has 4 nitrogen and oxygen atoms in total. The zero-order valence-electron chi connectivity index (χ0n) is 12.4. The minimum Gasteiger partial charge on any atom is -0.489 e. The van der Waals surface area contributed by atoms with Crippen LogP contribution in [-0.2, 0) is 17.9 Å². The molecule has 0 aromatic heterocycles. The molecule has 1 atom stereocenters. The van der Waals surface area contributed by atoms with Crippen molar-refractivity contribution in [2.24, 2.45) is 5.73 Å². The highest BCUT2D eigenvalue weighted by Gasteiger charge is 2.06. The van der Waals surface area contributed by atoms with E-state index >= 15 is 0 Å². The van der Waals surface area contributed by atoms with Crippen LogP contribution in [-0.4, -0.2) is 11.9 Å². The lowest BCUT2D eigenvalue weighted by atomic mass is 10.1. The Morgan fingerprint density at radius 3 is 2.32 bits per heavy atom. The highest BCUT2D eigenvalue weighted by molar-refractivity contribution is 5.79. The molecule has 0 aliphatic heterocycles. The van der Waals surface area contributed by atoms with Crippen molar-refractivity contribution >= 4 is 5.91 Å². The van der Waals surface area contributed by atoms with Gasteiger partial charge in [0.1, 0.15) is 18.2 Å². The van der Waals surface area contributed by atoms with Crippen LogP contribution in [0.3, 0.4) is 0 Å². The molecule has 2 rings (SSSR count). The molecule has 0 heterocycles. The molecule has 5 heteroatoms. The Balaban J connectivity index is 1.83. The topological polar surface area (TPSA) is 64.3 Å². The first kappa shape index (κ1) is 16.0. The van der Waals surface area contributed by atoms with E-state index < -0.39 is 0 Å². The second-order valence-electron chi connectivity index (χ2n) is 5.06. The number of nitrogens with two attached hydrogens (primary N) is 1. The Kier molecular flexibility index (Phi) is 5.49. The largest absolute Gasteiger partial charge is 0.489 e. The molecule has 0 bridgehead atoms. The fourth-order valence-corrected chi connectivity index (χ4v) is 1.82. The van der Waals surface area contributed by atoms with E-state index in [-0.39, 0.29) is 17.8 Å². The molecule has 0 saturated carbocycles. The van der Waals surface area contributed by atoms with Gasteiger partial charge in [-0.1, -0.05) is 24.3 Å². The van der Waals surface area contributed by atoms with Crippen LogP contribution in [0.5, 0.6) is 5.75 Å². The third-order valence-corrected chi connectivity index (χ3v) is 3.28. The van der Waals surface area contributed by atoms with Crippen molar-refractivity contribution in [1.82, 2.24) is 5.32 Å². The van der Waals surface area contributed by atoms with Gasteiger partial charge in [0.15, 0.2) is 0 Å². The molecule has 2 aromatic rings. The summed E-state index contributed by atoms with van der Waals surface area (Å²) < 4.78 is 18.4. The molecule has 116 valence electrons. The zero-order chi connectivity index (χ0) is 15.9. The second-order valence-corrected chi connectivity index (χ2v) is 5.06. The smallest absolute Gasteiger partial charge is 0.234 e. The monoisotopic (exact) mass is 302 g/mol. The number of halogens is 1. The lowest BCUT2D eigenvalue weighted by Gasteiger charge is -2.11. The minimum atomic E-state index is -0.371. The third-order valence-electron chi connectivity index (χ3n) is 3.28. The number of carbonyl (C=O) groups excluding carboxylic acids is 1. The highest BCUT2D eigenvalue weighted by Crippen LogP contribution is 2.14. The molecule has 22 heavy (non-hydrogen) atoms. The van der Waals surface area contributed by atoms with Crippen LogP contribution >= 0.6 is 0 Å². The van der Waals surface area contributed by atoms with E-state index in [1.54, 1.807) is 19.1 Å². The van der Waals surface area contributed by atoms with E-state index in [9.17, 15) is 9.18 Å². The number of carbonyl (C=O) groups is 1. The first-order valence-corrected chi connectivity index (χ1v) is 7.03. The Morgan fingerprint density at radius 1 is 1.14 bits per heavy atom. The quantitative estimate of drug-likeness (QED) is 0.825. The lowest BCUT2D eigenvalue weighted by molar-refractivity contribution is -0.119. The number of nitrogens with one attached hydrogen (secondary N) is 1. The number of hydrogen-bond acceptors (Lipinski definition) is 3. The average molecular weight is 302 g/mol. The number of primary amides is 1. The molecule has 0 radical (unpaired) electrons. The highest BCUT2D eigenvalue weighted by atomic mass is 19.1. The van der Waals surface area contributed by atoms with Gasteiger partial charge in [-0.3, -0.25) is 4.79 Å². The summed E-state index contributed by atoms with van der Waals surface area (Å²) in [5.74, 6) is -0.0267. The van der Waals surface area contributed by atoms with Crippen LogP contribution in [0.2, 0.25) is 0 Å². The predicted octanol–water partition coefficient (Wildman–Crippen LogP) is 2.37. The molecule has 0 saturated heterocycles. The van der Waals surface area contributed by atoms with Crippen LogP contribution in [0.1, 0.15) is 18.1 Å². The van der Waals surface area contributed by atoms with Gasteiger partial charge in [0.05, 0.1) is 6.04 Å². The van der Waals surface area contributed by atoms with E-state index in [1.807, 2.05) is 24.3 Å². The van der Waals surface area contributed by atoms with Crippen molar-refractivity contribution < 1.29 is 13.9 Å². The molecular weight excluding hydrogens is 283 g/mol. The Bertz CT molecular complexity index is 612. The number of ether oxygens (including phenoxy) is 1. The van der Waals surface area contributed by atoms with Crippen LogP contribution < -0.4 is 15.8 Å². The molecule has 0 fully saturated rings. The second kappa shape index (κ2) is 7.56. The van der Waals surface area contributed by atoms with E-state index in [2.05, 4.69) is 5.32 Å². The van der Waals surface area contributed by atoms with Gasteiger partial charge in [-0.05, 0) is 42.3 Å². The van der Waals surface area contributed by atoms with Crippen LogP contribution in [0.15, 0.2) is 48.5 Å². The Hall–Kier alpha value is -2.40. The first-order valence-electron chi connectivity index (χ1n) is 7.03. The SMILES string of the molecule is C[C@H](NCc1ccc(COc2ccc(F)cc2)cc1)C(N)=O. The summed E-state index contributed by atoms with van der Waals surface area (Å²) in [4.78, 5) is 10.9. The lowest BCUT2D eigenvalue weighted by Crippen LogP contribution is -2.38. The fourth-order valence-electron chi connectivity index (χ4n) is 1.82. The molecule has 2 aromatic carbocycles. The predicted molar refractivity (Wildman–Crippen MR) is 82.7 cm³/mol. The summed E-state index contributed by atoms with van der Waals surface area (Å²) >= 11 is 0. The number of benzene rings is 2. The van der Waals surface area contributed by atoms with Crippen LogP contribution in [0, 0.1) is 5.82 Å². The molecule has 1 amide bonds. The van der Waals surface area contributed by atoms with Crippen molar-refractivity contribution in [1.29, 1.82) is 0 Å². The van der Waals surface area contributed by atoms with Gasteiger partial charge in [-0.25, -0.2) is 4.39 Å². The molecule has 3 N–H and O–H groups in total. The fraction of sp³-hybridized carbons (Fsp3) is 0.235. The van der Waals surface area contributed by atoms with Crippen molar-refractivity contribution in [3.05, 3.63) is 65.5 Å². The number of amides is 1. The van der Waals surface area contributed by atoms with E-state index in [0.717, 1.165) is 11.1 Å². The summed E-state index contributed by atoms with van der Waals surface area (Å²) in [6.45, 7) is 2.72. The van der Waals surface area contributed by atoms with Gasteiger partial charge in [0, 0.05) is 6.54 Å². The molecule has 0 aliphatic rings. The standard InChI is InChI=1S/C17H19FN2O2/c1-12(17(19)21)20-10-13-2-4-14(5-3-13)11-22-16-8-6-15(18)7-9-16/h2-9,12,20H,10-11H2,1H3,(H2,19,21)/t12-/m0/s1. The van der Waals surface area contributed by atoms with E-state index in [0.29, 0.717) is 18.9 Å². The molecule has 0 spiro atoms. The Morgan fingerprint density at radius 2 is 1.73 bits per heavy atom. The van der Waals surface area contributed by atoms with Gasteiger partial charge in [-0.2, -0.15) is 0 Å². The maximum Gasteiger partial charge on any atom is 0.234 e. The zero-order valence-corrected chi connectivity index (χ0v) is 12.4. The summed E-state index contributed by atoms with van der Waals surface area (Å²) in [7, 11) is 0. The van der Waals surface area contributed by atoms with Crippen molar-refractivity contribution in [3.63, 3.8) is 0 Å². The van der Waals surface area contributed by atoms with Crippen molar-refractivity contribution in [2.75, 3.05) is 0 Å². The molecular formula is C17H19FN2O2. The van der Waals surface area contributed by atoms with E-state index in [1.165, 1.54) is 12.1 Å². The van der Waals surface area contributed by atoms with Gasteiger partial charge in [0.2, 0.25) is 5.91 Å². The molecule has 0 aliphatic carbocycles. The van der Waals surface area contributed by atoms with Gasteiger partial charge < -0.3 is 15.8 Å². The van der Waals surface area contributed by atoms with Gasteiger partial charge in [0.25, 0.3) is 0 Å². The number of rotatable bonds is 7. The third kappa shape index (κ3) is 4.86. The summed E-state index contributed by atoms with van der Waals surface area (Å²) in [5.41, 5.74) is 7.25. The van der Waals surface area contributed by atoms with Crippen LogP contribution in [0.25, 0.3) is 0 Å². The van der Waals surface area contributed by atoms with E-state index in [4.69, 9.17) is 10.5 Å². The maximum absolute atomic E-state index is 12.8. The van der Waals surface area contributed by atoms with Crippen molar-refractivity contribution in [3.8, 4) is 5.75 Å². The van der Waals surface area contributed by atoms with Gasteiger partial charge in [-0.15, -0.1) is 0 Å². The summed E-state index contributed by atoms with van der Waals surface area (Å²) in [5, 5.41) is 3.04. The minimum absolute atomic E-state index is 0.283. The average Bonchev–Trinajstić information content (AvgIpc) is 2.53. The first-order chi connectivity index (χ1) is 10.5. The van der Waals surface area contributed by atoms with Gasteiger partial charge >= 0.3 is 0 Å². The van der Waals surface area contributed by atoms with Crippen molar-refractivity contribution in [2.45, 2.75) is 26.1 Å². The Labute approximate surface area is 129 Å². The maximum atomic E-state index is 12.8. The molecule has 0 unspecified atom stereocenters. The summed E-state index contributed by atoms with van der Waals surface area (Å²) in [6, 6.07) is 13.4. The van der Waals surface area contributed by atoms with Crippen LogP contribution in [0.4, 0.5) is 4.39 Å². The summed E-state index contributed by atoms with van der Waals surface area (Å²) in [6.07, 6.45) is 0. The normalized spacial score (nSPS) is 11.9.